The number of fused-ring (bicyclic) bond motifs is 1. The van der Waals surface area contributed by atoms with Crippen LogP contribution in [0.25, 0.3) is 11.1 Å². The number of anilines is 3. The van der Waals surface area contributed by atoms with Gasteiger partial charge in [0.2, 0.25) is 0 Å². The van der Waals surface area contributed by atoms with Gasteiger partial charge in [-0.3, -0.25) is 9.59 Å². The molecule has 0 saturated heterocycles. The first kappa shape index (κ1) is 29.7. The maximum absolute atomic E-state index is 13.8. The number of carbonyl (C=O) groups is 2. The zero-order valence-electron chi connectivity index (χ0n) is 25.5. The molecule has 1 heterocycles. The summed E-state index contributed by atoms with van der Waals surface area (Å²) in [7, 11) is 0. The van der Waals surface area contributed by atoms with Crippen molar-refractivity contribution in [1.29, 1.82) is 0 Å². The third kappa shape index (κ3) is 7.07. The normalized spacial score (nSPS) is 12.6. The number of nitrogens with one attached hydrogen (secondary N) is 1. The lowest BCUT2D eigenvalue weighted by atomic mass is 9.99. The maximum Gasteiger partial charge on any atom is 0.258 e. The van der Waals surface area contributed by atoms with Gasteiger partial charge in [-0.25, -0.2) is 0 Å². The Morgan fingerprint density at radius 3 is 2.20 bits per heavy atom. The molecule has 45 heavy (non-hydrogen) atoms. The number of rotatable bonds is 9. The molecule has 5 aromatic rings. The van der Waals surface area contributed by atoms with Crippen molar-refractivity contribution in [3.8, 4) is 16.9 Å². The molecule has 226 valence electrons. The Hall–Kier alpha value is -5.36. The first-order chi connectivity index (χ1) is 22.1. The highest BCUT2D eigenvalue weighted by Crippen LogP contribution is 2.33. The Morgan fingerprint density at radius 1 is 0.733 bits per heavy atom. The predicted octanol–water partition coefficient (Wildman–Crippen LogP) is 8.24. The molecule has 0 radical (unpaired) electrons. The highest BCUT2D eigenvalue weighted by Gasteiger charge is 2.25. The number of aryl methyl sites for hydroxylation is 1. The number of amides is 2. The Kier molecular flexibility index (Phi) is 9.21. The van der Waals surface area contributed by atoms with E-state index in [4.69, 9.17) is 4.74 Å². The predicted molar refractivity (Wildman–Crippen MR) is 183 cm³/mol. The fourth-order valence-corrected chi connectivity index (χ4v) is 5.74. The fourth-order valence-electron chi connectivity index (χ4n) is 5.74. The fraction of sp³-hybridized carbons (Fsp3) is 0.179. The van der Waals surface area contributed by atoms with Gasteiger partial charge in [0.1, 0.15) is 5.75 Å². The number of hydrogen-bond donors (Lipinski definition) is 1. The zero-order valence-corrected chi connectivity index (χ0v) is 25.5. The van der Waals surface area contributed by atoms with E-state index in [2.05, 4.69) is 35.3 Å². The number of hydrogen-bond acceptors (Lipinski definition) is 4. The number of nitrogens with zero attached hydrogens (tertiary/aromatic N) is 2. The Labute approximate surface area is 264 Å². The third-order valence-corrected chi connectivity index (χ3v) is 8.08. The summed E-state index contributed by atoms with van der Waals surface area (Å²) in [6, 6.07) is 40.8. The minimum Gasteiger partial charge on any atom is -0.494 e. The van der Waals surface area contributed by atoms with E-state index in [0.29, 0.717) is 30.0 Å². The molecular formula is C39H37N3O3. The minimum atomic E-state index is -0.195. The van der Waals surface area contributed by atoms with Crippen LogP contribution in [0.15, 0.2) is 127 Å². The first-order valence-electron chi connectivity index (χ1n) is 15.5. The molecule has 0 bridgehead atoms. The van der Waals surface area contributed by atoms with Gasteiger partial charge >= 0.3 is 0 Å². The molecular weight excluding hydrogens is 558 g/mol. The summed E-state index contributed by atoms with van der Waals surface area (Å²) < 4.78 is 5.96. The molecule has 6 rings (SSSR count). The number of para-hydroxylation sites is 2. The minimum absolute atomic E-state index is 0.0562. The smallest absolute Gasteiger partial charge is 0.258 e. The summed E-state index contributed by atoms with van der Waals surface area (Å²) in [5, 5.41) is 3.00. The summed E-state index contributed by atoms with van der Waals surface area (Å²) in [6.45, 7) is 5.02. The monoisotopic (exact) mass is 595 g/mol. The lowest BCUT2D eigenvalue weighted by Crippen LogP contribution is -2.31. The largest absolute Gasteiger partial charge is 0.494 e. The molecule has 0 fully saturated rings. The van der Waals surface area contributed by atoms with Gasteiger partial charge in [0.05, 0.1) is 18.0 Å². The van der Waals surface area contributed by atoms with Gasteiger partial charge in [-0.15, -0.1) is 0 Å². The lowest BCUT2D eigenvalue weighted by molar-refractivity contribution is 0.0986. The van der Waals surface area contributed by atoms with Crippen LogP contribution >= 0.6 is 0 Å². The van der Waals surface area contributed by atoms with Crippen LogP contribution in [0, 0.1) is 6.92 Å². The van der Waals surface area contributed by atoms with Crippen molar-refractivity contribution < 1.29 is 14.3 Å². The van der Waals surface area contributed by atoms with Crippen molar-refractivity contribution in [2.24, 2.45) is 0 Å². The number of ether oxygens (including phenoxy) is 1. The van der Waals surface area contributed by atoms with Gasteiger partial charge in [-0.2, -0.15) is 0 Å². The highest BCUT2D eigenvalue weighted by atomic mass is 16.5. The van der Waals surface area contributed by atoms with Crippen molar-refractivity contribution >= 4 is 28.9 Å². The summed E-state index contributed by atoms with van der Waals surface area (Å²) in [4.78, 5) is 31.3. The molecule has 0 atom stereocenters. The van der Waals surface area contributed by atoms with Crippen LogP contribution in [0.1, 0.15) is 39.1 Å². The van der Waals surface area contributed by atoms with Crippen LogP contribution in [-0.4, -0.2) is 38.1 Å². The van der Waals surface area contributed by atoms with Crippen molar-refractivity contribution in [2.75, 3.05) is 41.4 Å². The van der Waals surface area contributed by atoms with Gasteiger partial charge in [-0.1, -0.05) is 78.4 Å². The molecule has 6 heteroatoms. The quantitative estimate of drug-likeness (QED) is 0.174. The van der Waals surface area contributed by atoms with Crippen LogP contribution < -0.4 is 19.9 Å². The standard InChI is InChI=1S/C39H37N3O3/c1-29-17-23-33(24-18-29)45-28-10-26-41-25-9-27-42(37-16-8-7-15-36(37)41)39(44)31-19-21-32(22-20-31)40-38(43)35-14-6-5-13-34(35)30-11-3-2-4-12-30/h2-8,11-24H,9-10,25-28H2,1H3,(H,40,43). The van der Waals surface area contributed by atoms with E-state index in [-0.39, 0.29) is 11.8 Å². The van der Waals surface area contributed by atoms with E-state index >= 15 is 0 Å². The highest BCUT2D eigenvalue weighted by molar-refractivity contribution is 6.10. The molecule has 1 aliphatic heterocycles. The van der Waals surface area contributed by atoms with Crippen LogP contribution in [0.5, 0.6) is 5.75 Å². The maximum atomic E-state index is 13.8. The topological polar surface area (TPSA) is 61.9 Å². The second-order valence-electron chi connectivity index (χ2n) is 11.2. The van der Waals surface area contributed by atoms with Crippen LogP contribution in [0.4, 0.5) is 17.1 Å². The van der Waals surface area contributed by atoms with E-state index in [0.717, 1.165) is 54.2 Å². The lowest BCUT2D eigenvalue weighted by Gasteiger charge is -2.27. The van der Waals surface area contributed by atoms with E-state index in [9.17, 15) is 9.59 Å². The van der Waals surface area contributed by atoms with Crippen molar-refractivity contribution in [2.45, 2.75) is 19.8 Å². The molecule has 0 aliphatic carbocycles. The Morgan fingerprint density at radius 2 is 1.42 bits per heavy atom. The summed E-state index contributed by atoms with van der Waals surface area (Å²) in [5.74, 6) is 0.634. The Bertz CT molecular complexity index is 1750. The SMILES string of the molecule is Cc1ccc(OCCCN2CCCN(C(=O)c3ccc(NC(=O)c4ccccc4-c4ccccc4)cc3)c3ccccc32)cc1. The van der Waals surface area contributed by atoms with Crippen LogP contribution in [-0.2, 0) is 0 Å². The average molecular weight is 596 g/mol. The van der Waals surface area contributed by atoms with Gasteiger partial charge in [0.25, 0.3) is 11.8 Å². The summed E-state index contributed by atoms with van der Waals surface area (Å²) in [5.41, 5.74) is 6.84. The van der Waals surface area contributed by atoms with Crippen molar-refractivity contribution in [3.63, 3.8) is 0 Å². The summed E-state index contributed by atoms with van der Waals surface area (Å²) >= 11 is 0. The van der Waals surface area contributed by atoms with Gasteiger partial charge < -0.3 is 19.9 Å². The van der Waals surface area contributed by atoms with Crippen LogP contribution in [0.2, 0.25) is 0 Å². The van der Waals surface area contributed by atoms with Gasteiger partial charge in [0, 0.05) is 36.4 Å². The average Bonchev–Trinajstić information content (AvgIpc) is 3.27. The van der Waals surface area contributed by atoms with E-state index in [1.807, 2.05) is 89.8 Å². The third-order valence-electron chi connectivity index (χ3n) is 8.08. The van der Waals surface area contributed by atoms with E-state index in [1.54, 1.807) is 24.3 Å². The van der Waals surface area contributed by atoms with Gasteiger partial charge in [-0.05, 0) is 85.5 Å². The molecule has 1 aliphatic rings. The van der Waals surface area contributed by atoms with Crippen LogP contribution in [0.3, 0.4) is 0 Å². The van der Waals surface area contributed by atoms with E-state index < -0.39 is 0 Å². The second-order valence-corrected chi connectivity index (χ2v) is 11.2. The summed E-state index contributed by atoms with van der Waals surface area (Å²) in [6.07, 6.45) is 1.73. The molecule has 0 unspecified atom stereocenters. The Balaban J connectivity index is 1.11. The van der Waals surface area contributed by atoms with E-state index in [1.165, 1.54) is 5.56 Å². The van der Waals surface area contributed by atoms with Crippen molar-refractivity contribution in [1.82, 2.24) is 0 Å². The molecule has 0 saturated carbocycles. The van der Waals surface area contributed by atoms with Gasteiger partial charge in [0.15, 0.2) is 0 Å². The molecule has 5 aromatic carbocycles. The molecule has 0 aromatic heterocycles. The van der Waals surface area contributed by atoms with Crippen molar-refractivity contribution in [3.05, 3.63) is 144 Å². The molecule has 2 amide bonds. The molecule has 0 spiro atoms. The second kappa shape index (κ2) is 14.0. The number of carbonyl (C=O) groups excluding carboxylic acids is 2. The molecule has 6 nitrogen and oxygen atoms in total. The number of benzene rings is 5. The zero-order chi connectivity index (χ0) is 31.0. The molecule has 1 N–H and O–H groups in total. The first-order valence-corrected chi connectivity index (χ1v) is 15.5.